The molecule has 0 bridgehead atoms. The molecule has 2 aliphatic rings. The first kappa shape index (κ1) is 16.8. The Morgan fingerprint density at radius 3 is 2.50 bits per heavy atom. The van der Waals surface area contributed by atoms with Crippen LogP contribution in [0.3, 0.4) is 0 Å². The van der Waals surface area contributed by atoms with Crippen LogP contribution in [-0.2, 0) is 16.1 Å². The number of amides is 2. The highest BCUT2D eigenvalue weighted by Gasteiger charge is 2.31. The molecule has 3 rings (SSSR count). The number of benzene rings is 1. The molecule has 2 aliphatic carbocycles. The minimum absolute atomic E-state index is 0.173. The van der Waals surface area contributed by atoms with Gasteiger partial charge in [0, 0.05) is 31.1 Å². The van der Waals surface area contributed by atoms with Crippen molar-refractivity contribution < 1.29 is 14.3 Å². The number of carbonyl (C=O) groups is 2. The Balaban J connectivity index is 1.20. The first-order valence-electron chi connectivity index (χ1n) is 8.69. The van der Waals surface area contributed by atoms with Gasteiger partial charge in [-0.1, -0.05) is 30.3 Å². The summed E-state index contributed by atoms with van der Waals surface area (Å²) in [5.41, 5.74) is 0.981. The lowest BCUT2D eigenvalue weighted by Crippen LogP contribution is -2.53. The molecule has 130 valence electrons. The van der Waals surface area contributed by atoms with Gasteiger partial charge in [-0.15, -0.1) is 0 Å². The Bertz CT molecular complexity index is 554. The van der Waals surface area contributed by atoms with Gasteiger partial charge in [0.2, 0.25) is 5.91 Å². The molecule has 0 radical (unpaired) electrons. The zero-order chi connectivity index (χ0) is 16.8. The average Bonchev–Trinajstić information content (AvgIpc) is 3.39. The van der Waals surface area contributed by atoms with Crippen LogP contribution < -0.4 is 16.0 Å². The zero-order valence-corrected chi connectivity index (χ0v) is 13.8. The summed E-state index contributed by atoms with van der Waals surface area (Å²) in [4.78, 5) is 23.2. The highest BCUT2D eigenvalue weighted by molar-refractivity contribution is 5.80. The van der Waals surface area contributed by atoms with Crippen LogP contribution in [0.1, 0.15) is 31.2 Å². The summed E-state index contributed by atoms with van der Waals surface area (Å²) in [6.45, 7) is 1.74. The van der Waals surface area contributed by atoms with E-state index >= 15 is 0 Å². The van der Waals surface area contributed by atoms with Gasteiger partial charge in [0.1, 0.15) is 6.61 Å². The van der Waals surface area contributed by atoms with E-state index in [2.05, 4.69) is 16.0 Å². The van der Waals surface area contributed by atoms with E-state index in [1.54, 1.807) is 0 Å². The summed E-state index contributed by atoms with van der Waals surface area (Å²) in [6, 6.07) is 10.2. The van der Waals surface area contributed by atoms with Crippen molar-refractivity contribution in [1.82, 2.24) is 16.0 Å². The Hall–Kier alpha value is -2.08. The molecule has 2 amide bonds. The third-order valence-corrected chi connectivity index (χ3v) is 4.48. The number of hydrogen-bond donors (Lipinski definition) is 3. The second-order valence-corrected chi connectivity index (χ2v) is 6.59. The van der Waals surface area contributed by atoms with Crippen molar-refractivity contribution in [2.24, 2.45) is 5.92 Å². The van der Waals surface area contributed by atoms with Gasteiger partial charge < -0.3 is 20.7 Å². The maximum Gasteiger partial charge on any atom is 0.407 e. The number of carbonyl (C=O) groups excluding carboxylic acids is 2. The van der Waals surface area contributed by atoms with E-state index in [0.29, 0.717) is 19.2 Å². The topological polar surface area (TPSA) is 79.5 Å². The van der Waals surface area contributed by atoms with E-state index in [0.717, 1.165) is 37.8 Å². The lowest BCUT2D eigenvalue weighted by atomic mass is 9.87. The third kappa shape index (κ3) is 5.23. The summed E-state index contributed by atoms with van der Waals surface area (Å²) in [5, 5.41) is 9.20. The predicted molar refractivity (Wildman–Crippen MR) is 90.3 cm³/mol. The van der Waals surface area contributed by atoms with E-state index in [9.17, 15) is 9.59 Å². The first-order chi connectivity index (χ1) is 11.7. The highest BCUT2D eigenvalue weighted by Crippen LogP contribution is 2.28. The molecule has 6 nitrogen and oxygen atoms in total. The monoisotopic (exact) mass is 331 g/mol. The number of ether oxygens (including phenoxy) is 1. The maximum absolute atomic E-state index is 11.7. The fourth-order valence-electron chi connectivity index (χ4n) is 2.79. The van der Waals surface area contributed by atoms with E-state index in [-0.39, 0.29) is 24.0 Å². The molecule has 2 fully saturated rings. The van der Waals surface area contributed by atoms with E-state index in [1.807, 2.05) is 30.3 Å². The van der Waals surface area contributed by atoms with Crippen LogP contribution in [0.5, 0.6) is 0 Å². The molecule has 1 aromatic rings. The van der Waals surface area contributed by atoms with Crippen molar-refractivity contribution in [3.05, 3.63) is 35.9 Å². The van der Waals surface area contributed by atoms with Crippen LogP contribution in [0.15, 0.2) is 30.3 Å². The fourth-order valence-corrected chi connectivity index (χ4v) is 2.79. The summed E-state index contributed by atoms with van der Waals surface area (Å²) < 4.78 is 5.20. The molecule has 3 N–H and O–H groups in total. The molecule has 0 unspecified atom stereocenters. The van der Waals surface area contributed by atoms with Crippen molar-refractivity contribution in [2.75, 3.05) is 13.1 Å². The van der Waals surface area contributed by atoms with Gasteiger partial charge in [0.15, 0.2) is 0 Å². The number of alkyl carbamates (subject to hydrolysis) is 1. The molecule has 6 heteroatoms. The van der Waals surface area contributed by atoms with Crippen molar-refractivity contribution in [3.8, 4) is 0 Å². The third-order valence-electron chi connectivity index (χ3n) is 4.48. The summed E-state index contributed by atoms with van der Waals surface area (Å²) in [7, 11) is 0. The summed E-state index contributed by atoms with van der Waals surface area (Å²) in [6.07, 6.45) is 3.51. The summed E-state index contributed by atoms with van der Waals surface area (Å²) >= 11 is 0. The van der Waals surface area contributed by atoms with Crippen LogP contribution in [0.4, 0.5) is 4.79 Å². The molecule has 0 spiro atoms. The Morgan fingerprint density at radius 1 is 1.04 bits per heavy atom. The number of hydrogen-bond acceptors (Lipinski definition) is 4. The Morgan fingerprint density at radius 2 is 1.79 bits per heavy atom. The van der Waals surface area contributed by atoms with Gasteiger partial charge in [-0.25, -0.2) is 4.79 Å². The fraction of sp³-hybridized carbons (Fsp3) is 0.556. The van der Waals surface area contributed by atoms with Crippen LogP contribution in [0, 0.1) is 5.92 Å². The molecule has 24 heavy (non-hydrogen) atoms. The predicted octanol–water partition coefficient (Wildman–Crippen LogP) is 1.56. The normalized spacial score (nSPS) is 22.3. The van der Waals surface area contributed by atoms with E-state index in [1.165, 1.54) is 0 Å². The van der Waals surface area contributed by atoms with Gasteiger partial charge in [-0.3, -0.25) is 4.79 Å². The average molecular weight is 331 g/mol. The van der Waals surface area contributed by atoms with Gasteiger partial charge in [0.05, 0.1) is 0 Å². The second kappa shape index (κ2) is 8.15. The first-order valence-corrected chi connectivity index (χ1v) is 8.69. The molecular weight excluding hydrogens is 306 g/mol. The van der Waals surface area contributed by atoms with E-state index in [4.69, 9.17) is 4.74 Å². The quantitative estimate of drug-likeness (QED) is 0.632. The largest absolute Gasteiger partial charge is 0.445 e. The highest BCUT2D eigenvalue weighted by atomic mass is 16.5. The maximum atomic E-state index is 11.7. The van der Waals surface area contributed by atoms with Crippen molar-refractivity contribution >= 4 is 12.0 Å². The lowest BCUT2D eigenvalue weighted by molar-refractivity contribution is -0.122. The Kier molecular flexibility index (Phi) is 5.69. The second-order valence-electron chi connectivity index (χ2n) is 6.59. The van der Waals surface area contributed by atoms with Crippen LogP contribution in [0.25, 0.3) is 0 Å². The van der Waals surface area contributed by atoms with Gasteiger partial charge in [-0.2, -0.15) is 0 Å². The van der Waals surface area contributed by atoms with Crippen LogP contribution in [0.2, 0.25) is 0 Å². The summed E-state index contributed by atoms with van der Waals surface area (Å²) in [5.74, 6) is 0.454. The molecule has 0 atom stereocenters. The lowest BCUT2D eigenvalue weighted by Gasteiger charge is -2.36. The Labute approximate surface area is 142 Å². The molecule has 1 aromatic carbocycles. The smallest absolute Gasteiger partial charge is 0.407 e. The number of nitrogens with one attached hydrogen (secondary N) is 3. The minimum atomic E-state index is -0.362. The molecule has 0 aromatic heterocycles. The van der Waals surface area contributed by atoms with Gasteiger partial charge in [0.25, 0.3) is 0 Å². The van der Waals surface area contributed by atoms with Crippen molar-refractivity contribution in [2.45, 2.75) is 44.4 Å². The molecule has 0 saturated heterocycles. The van der Waals surface area contributed by atoms with Gasteiger partial charge >= 0.3 is 6.09 Å². The van der Waals surface area contributed by atoms with Crippen LogP contribution >= 0.6 is 0 Å². The molecule has 2 saturated carbocycles. The van der Waals surface area contributed by atoms with Crippen molar-refractivity contribution in [3.63, 3.8) is 0 Å². The van der Waals surface area contributed by atoms with Gasteiger partial charge in [-0.05, 0) is 31.2 Å². The molecule has 0 heterocycles. The minimum Gasteiger partial charge on any atom is -0.445 e. The van der Waals surface area contributed by atoms with Crippen molar-refractivity contribution in [1.29, 1.82) is 0 Å². The number of rotatable bonds is 8. The molecule has 0 aliphatic heterocycles. The molecular formula is C18H25N3O3. The standard InChI is InChI=1S/C18H25N3O3/c22-17(14-6-7-14)20-9-8-19-15-10-16(11-15)21-18(23)24-12-13-4-2-1-3-5-13/h1-5,14-16,19H,6-12H2,(H,20,22)(H,21,23). The zero-order valence-electron chi connectivity index (χ0n) is 13.8. The SMILES string of the molecule is O=C(NC1CC(NCCNC(=O)C2CC2)C1)OCc1ccccc1. The van der Waals surface area contributed by atoms with E-state index < -0.39 is 0 Å². The van der Waals surface area contributed by atoms with Crippen LogP contribution in [-0.4, -0.2) is 37.2 Å².